The Morgan fingerprint density at radius 3 is 2.58 bits per heavy atom. The van der Waals surface area contributed by atoms with Crippen molar-refractivity contribution >= 4 is 33.5 Å². The number of hydrogen-bond donors (Lipinski definition) is 1. The summed E-state index contributed by atoms with van der Waals surface area (Å²) < 4.78 is 28.1. The smallest absolute Gasteiger partial charge is 0.266 e. The summed E-state index contributed by atoms with van der Waals surface area (Å²) in [6, 6.07) is 10.5. The number of para-hydroxylation sites is 1. The highest BCUT2D eigenvalue weighted by Gasteiger charge is 2.18. The lowest BCUT2D eigenvalue weighted by atomic mass is 10.1. The molecule has 2 N–H and O–H groups in total. The number of nitrogens with zero attached hydrogens (tertiary/aromatic N) is 2. The van der Waals surface area contributed by atoms with E-state index in [-0.39, 0.29) is 11.1 Å². The van der Waals surface area contributed by atoms with E-state index in [2.05, 4.69) is 27.6 Å². The maximum absolute atomic E-state index is 13.0. The van der Waals surface area contributed by atoms with Crippen LogP contribution in [-0.4, -0.2) is 9.55 Å². The topological polar surface area (TPSA) is 60.9 Å². The Morgan fingerprint density at radius 1 is 1.21 bits per heavy atom. The summed E-state index contributed by atoms with van der Waals surface area (Å²) in [6.45, 7) is 1.71. The molecule has 7 heteroatoms. The SMILES string of the molecule is CC(N)c1nc2c(I)cccc2c(=O)n1-c1cccc(C(F)F)c1. The van der Waals surface area contributed by atoms with Crippen LogP contribution in [0.1, 0.15) is 30.8 Å². The van der Waals surface area contributed by atoms with Gasteiger partial charge in [0.15, 0.2) is 0 Å². The molecular formula is C17H14F2IN3O. The Balaban J connectivity index is 2.39. The van der Waals surface area contributed by atoms with Gasteiger partial charge in [-0.05, 0) is 53.8 Å². The second kappa shape index (κ2) is 6.56. The lowest BCUT2D eigenvalue weighted by molar-refractivity contribution is 0.151. The molecule has 1 heterocycles. The number of aromatic nitrogens is 2. The minimum atomic E-state index is -2.62. The number of alkyl halides is 2. The third kappa shape index (κ3) is 2.93. The van der Waals surface area contributed by atoms with Crippen LogP contribution in [0, 0.1) is 3.57 Å². The van der Waals surface area contributed by atoms with Gasteiger partial charge in [0.25, 0.3) is 12.0 Å². The highest BCUT2D eigenvalue weighted by Crippen LogP contribution is 2.24. The van der Waals surface area contributed by atoms with Gasteiger partial charge in [-0.3, -0.25) is 9.36 Å². The molecule has 0 radical (unpaired) electrons. The number of halogens is 3. The van der Waals surface area contributed by atoms with Gasteiger partial charge in [0, 0.05) is 9.13 Å². The highest BCUT2D eigenvalue weighted by atomic mass is 127. The van der Waals surface area contributed by atoms with Gasteiger partial charge in [0.2, 0.25) is 0 Å². The van der Waals surface area contributed by atoms with E-state index < -0.39 is 12.5 Å². The predicted octanol–water partition coefficient (Wildman–Crippen LogP) is 3.95. The van der Waals surface area contributed by atoms with Crippen molar-refractivity contribution in [2.45, 2.75) is 19.4 Å². The molecule has 1 aromatic heterocycles. The van der Waals surface area contributed by atoms with Crippen molar-refractivity contribution in [2.24, 2.45) is 5.73 Å². The van der Waals surface area contributed by atoms with Gasteiger partial charge in [-0.1, -0.05) is 18.2 Å². The molecule has 124 valence electrons. The molecule has 0 aliphatic heterocycles. The zero-order valence-corrected chi connectivity index (χ0v) is 14.9. The van der Waals surface area contributed by atoms with E-state index in [0.717, 1.165) is 3.57 Å². The molecule has 0 saturated heterocycles. The number of hydrogen-bond acceptors (Lipinski definition) is 3. The molecule has 0 aliphatic carbocycles. The minimum Gasteiger partial charge on any atom is -0.322 e. The molecule has 3 rings (SSSR count). The van der Waals surface area contributed by atoms with Crippen LogP contribution in [0.25, 0.3) is 16.6 Å². The van der Waals surface area contributed by atoms with Crippen LogP contribution in [0.4, 0.5) is 8.78 Å². The predicted molar refractivity (Wildman–Crippen MR) is 97.6 cm³/mol. The summed E-state index contributed by atoms with van der Waals surface area (Å²) in [5, 5.41) is 0.425. The van der Waals surface area contributed by atoms with Crippen LogP contribution in [0.3, 0.4) is 0 Å². The maximum Gasteiger partial charge on any atom is 0.266 e. The van der Waals surface area contributed by atoms with E-state index in [0.29, 0.717) is 22.4 Å². The Bertz CT molecular complexity index is 970. The highest BCUT2D eigenvalue weighted by molar-refractivity contribution is 14.1. The molecule has 0 spiro atoms. The molecule has 4 nitrogen and oxygen atoms in total. The summed E-state index contributed by atoms with van der Waals surface area (Å²) in [4.78, 5) is 17.5. The Morgan fingerprint density at radius 2 is 1.92 bits per heavy atom. The van der Waals surface area contributed by atoms with Crippen LogP contribution in [0.2, 0.25) is 0 Å². The molecule has 0 aliphatic rings. The number of nitrogens with two attached hydrogens (primary N) is 1. The first-order valence-corrected chi connectivity index (χ1v) is 8.33. The zero-order chi connectivity index (χ0) is 17.4. The standard InChI is InChI=1S/C17H14F2IN3O/c1-9(21)16-22-14-12(6-3-7-13(14)20)17(24)23(16)11-5-2-4-10(8-11)15(18)19/h2-9,15H,21H2,1H3. The molecule has 0 bridgehead atoms. The lowest BCUT2D eigenvalue weighted by Gasteiger charge is -2.17. The number of rotatable bonds is 3. The van der Waals surface area contributed by atoms with E-state index in [4.69, 9.17) is 5.73 Å². The summed E-state index contributed by atoms with van der Waals surface area (Å²) in [5.41, 5.74) is 6.41. The molecule has 0 amide bonds. The average molecular weight is 441 g/mol. The Kier molecular flexibility index (Phi) is 4.64. The Labute approximate surface area is 150 Å². The first kappa shape index (κ1) is 17.0. The van der Waals surface area contributed by atoms with Crippen LogP contribution < -0.4 is 11.3 Å². The maximum atomic E-state index is 13.0. The lowest BCUT2D eigenvalue weighted by Crippen LogP contribution is -2.27. The largest absolute Gasteiger partial charge is 0.322 e. The van der Waals surface area contributed by atoms with Crippen molar-refractivity contribution in [3.63, 3.8) is 0 Å². The van der Waals surface area contributed by atoms with Crippen molar-refractivity contribution in [1.29, 1.82) is 0 Å². The van der Waals surface area contributed by atoms with Gasteiger partial charge in [-0.25, -0.2) is 13.8 Å². The average Bonchev–Trinajstić information content (AvgIpc) is 2.55. The molecule has 24 heavy (non-hydrogen) atoms. The van der Waals surface area contributed by atoms with Crippen LogP contribution in [-0.2, 0) is 0 Å². The third-order valence-corrected chi connectivity index (χ3v) is 4.53. The second-order valence-electron chi connectivity index (χ2n) is 5.43. The second-order valence-corrected chi connectivity index (χ2v) is 6.59. The van der Waals surface area contributed by atoms with Crippen molar-refractivity contribution in [1.82, 2.24) is 9.55 Å². The molecule has 1 unspecified atom stereocenters. The number of fused-ring (bicyclic) bond motifs is 1. The van der Waals surface area contributed by atoms with Gasteiger partial charge < -0.3 is 5.73 Å². The molecular weight excluding hydrogens is 427 g/mol. The van der Waals surface area contributed by atoms with Gasteiger partial charge in [-0.2, -0.15) is 0 Å². The van der Waals surface area contributed by atoms with Gasteiger partial charge in [0.05, 0.1) is 22.6 Å². The van der Waals surface area contributed by atoms with Crippen molar-refractivity contribution < 1.29 is 8.78 Å². The molecule has 2 aromatic carbocycles. The molecule has 1 atom stereocenters. The van der Waals surface area contributed by atoms with Gasteiger partial charge in [-0.15, -0.1) is 0 Å². The van der Waals surface area contributed by atoms with E-state index in [1.165, 1.54) is 22.8 Å². The van der Waals surface area contributed by atoms with Crippen LogP contribution in [0.15, 0.2) is 47.3 Å². The number of benzene rings is 2. The van der Waals surface area contributed by atoms with E-state index >= 15 is 0 Å². The third-order valence-electron chi connectivity index (χ3n) is 3.66. The molecule has 0 saturated carbocycles. The van der Waals surface area contributed by atoms with Crippen LogP contribution in [0.5, 0.6) is 0 Å². The van der Waals surface area contributed by atoms with E-state index in [1.807, 2.05) is 6.07 Å². The fourth-order valence-corrected chi connectivity index (χ4v) is 3.16. The van der Waals surface area contributed by atoms with Crippen molar-refractivity contribution in [3.8, 4) is 5.69 Å². The monoisotopic (exact) mass is 441 g/mol. The van der Waals surface area contributed by atoms with Gasteiger partial charge >= 0.3 is 0 Å². The van der Waals surface area contributed by atoms with E-state index in [1.54, 1.807) is 25.1 Å². The quantitative estimate of drug-likeness (QED) is 0.627. The summed E-state index contributed by atoms with van der Waals surface area (Å²) >= 11 is 2.10. The van der Waals surface area contributed by atoms with Crippen molar-refractivity contribution in [3.05, 3.63) is 67.8 Å². The van der Waals surface area contributed by atoms with E-state index in [9.17, 15) is 13.6 Å². The Hall–Kier alpha value is -1.87. The summed E-state index contributed by atoms with van der Waals surface area (Å²) in [7, 11) is 0. The summed E-state index contributed by atoms with van der Waals surface area (Å²) in [6.07, 6.45) is -2.62. The molecule has 0 fully saturated rings. The van der Waals surface area contributed by atoms with Crippen molar-refractivity contribution in [2.75, 3.05) is 0 Å². The summed E-state index contributed by atoms with van der Waals surface area (Å²) in [5.74, 6) is 0.336. The zero-order valence-electron chi connectivity index (χ0n) is 12.7. The minimum absolute atomic E-state index is 0.155. The first-order valence-electron chi connectivity index (χ1n) is 7.25. The first-order chi connectivity index (χ1) is 11.4. The van der Waals surface area contributed by atoms with Crippen LogP contribution >= 0.6 is 22.6 Å². The van der Waals surface area contributed by atoms with Gasteiger partial charge in [0.1, 0.15) is 5.82 Å². The normalized spacial score (nSPS) is 12.8. The fraction of sp³-hybridized carbons (Fsp3) is 0.176. The molecule has 3 aromatic rings. The fourth-order valence-electron chi connectivity index (χ4n) is 2.55.